The van der Waals surface area contributed by atoms with Crippen molar-refractivity contribution < 1.29 is 17.9 Å². The summed E-state index contributed by atoms with van der Waals surface area (Å²) in [5.41, 5.74) is 1.08. The first kappa shape index (κ1) is 21.3. The molecule has 152 valence electrons. The fraction of sp³-hybridized carbons (Fsp3) is 0.632. The number of guanidine groups is 1. The van der Waals surface area contributed by atoms with Gasteiger partial charge in [0.1, 0.15) is 11.9 Å². The van der Waals surface area contributed by atoms with E-state index in [-0.39, 0.29) is 12.0 Å². The Hall–Kier alpha value is -1.96. The summed E-state index contributed by atoms with van der Waals surface area (Å²) < 4.78 is 43.3. The van der Waals surface area contributed by atoms with Gasteiger partial charge in [0.05, 0.1) is 13.1 Å². The third-order valence-electron chi connectivity index (χ3n) is 4.53. The summed E-state index contributed by atoms with van der Waals surface area (Å²) in [6.07, 6.45) is -3.43. The van der Waals surface area contributed by atoms with Crippen LogP contribution >= 0.6 is 0 Å². The molecule has 0 bridgehead atoms. The Bertz CT molecular complexity index is 621. The van der Waals surface area contributed by atoms with Crippen LogP contribution in [0.1, 0.15) is 18.9 Å². The average molecular weight is 386 g/mol. The van der Waals surface area contributed by atoms with Crippen molar-refractivity contribution in [3.8, 4) is 5.75 Å². The van der Waals surface area contributed by atoms with Crippen LogP contribution in [0, 0.1) is 12.8 Å². The van der Waals surface area contributed by atoms with Gasteiger partial charge in [-0.25, -0.2) is 0 Å². The Morgan fingerprint density at radius 2 is 2.07 bits per heavy atom. The van der Waals surface area contributed by atoms with Gasteiger partial charge in [-0.05, 0) is 44.4 Å². The van der Waals surface area contributed by atoms with Crippen LogP contribution in [0.2, 0.25) is 0 Å². The van der Waals surface area contributed by atoms with Crippen LogP contribution in [-0.2, 0) is 0 Å². The number of rotatable bonds is 7. The number of halogens is 3. The number of para-hydroxylation sites is 1. The maximum absolute atomic E-state index is 12.5. The fourth-order valence-electron chi connectivity index (χ4n) is 3.13. The standard InChI is InChI=1S/C19H29F3N4O/c1-14-6-4-5-7-17(14)27-15(2)10-24-18(23-3)25-11-16-8-9-26(12-16)13-19(20,21)22/h4-7,15-16H,8-13H2,1-3H3,(H2,23,24,25). The van der Waals surface area contributed by atoms with Crippen molar-refractivity contribution in [2.75, 3.05) is 39.8 Å². The van der Waals surface area contributed by atoms with E-state index < -0.39 is 12.7 Å². The zero-order valence-corrected chi connectivity index (χ0v) is 16.1. The highest BCUT2D eigenvalue weighted by Crippen LogP contribution is 2.22. The molecule has 1 aromatic rings. The quantitative estimate of drug-likeness (QED) is 0.559. The van der Waals surface area contributed by atoms with Crippen molar-refractivity contribution in [1.82, 2.24) is 15.5 Å². The largest absolute Gasteiger partial charge is 0.489 e. The lowest BCUT2D eigenvalue weighted by atomic mass is 10.1. The minimum absolute atomic E-state index is 0.0570. The van der Waals surface area contributed by atoms with Crippen LogP contribution in [0.25, 0.3) is 0 Å². The molecule has 1 aliphatic rings. The molecule has 0 aliphatic carbocycles. The molecular weight excluding hydrogens is 357 g/mol. The molecule has 0 spiro atoms. The van der Waals surface area contributed by atoms with Gasteiger partial charge in [-0.1, -0.05) is 18.2 Å². The molecule has 2 unspecified atom stereocenters. The highest BCUT2D eigenvalue weighted by molar-refractivity contribution is 5.79. The summed E-state index contributed by atoms with van der Waals surface area (Å²) in [5, 5.41) is 6.40. The molecule has 1 fully saturated rings. The minimum Gasteiger partial charge on any atom is -0.489 e. The SMILES string of the molecule is CN=C(NCC1CCN(CC(F)(F)F)C1)NCC(C)Oc1ccccc1C. The topological polar surface area (TPSA) is 48.9 Å². The minimum atomic E-state index is -4.13. The lowest BCUT2D eigenvalue weighted by molar-refractivity contribution is -0.143. The summed E-state index contributed by atoms with van der Waals surface area (Å²) in [4.78, 5) is 5.63. The Kier molecular flexibility index (Phi) is 7.77. The third-order valence-corrected chi connectivity index (χ3v) is 4.53. The Labute approximate surface area is 159 Å². The van der Waals surface area contributed by atoms with Gasteiger partial charge in [0, 0.05) is 20.1 Å². The summed E-state index contributed by atoms with van der Waals surface area (Å²) in [6.45, 7) is 5.25. The number of aliphatic imine (C=N–C) groups is 1. The third kappa shape index (κ3) is 7.66. The summed E-state index contributed by atoms with van der Waals surface area (Å²) in [7, 11) is 1.67. The zero-order chi connectivity index (χ0) is 19.9. The fourth-order valence-corrected chi connectivity index (χ4v) is 3.13. The predicted molar refractivity (Wildman–Crippen MR) is 101 cm³/mol. The number of benzene rings is 1. The van der Waals surface area contributed by atoms with Crippen LogP contribution < -0.4 is 15.4 Å². The monoisotopic (exact) mass is 386 g/mol. The summed E-state index contributed by atoms with van der Waals surface area (Å²) >= 11 is 0. The van der Waals surface area contributed by atoms with Crippen molar-refractivity contribution >= 4 is 5.96 Å². The number of aryl methyl sites for hydroxylation is 1. The maximum atomic E-state index is 12.5. The van der Waals surface area contributed by atoms with Gasteiger partial charge < -0.3 is 15.4 Å². The predicted octanol–water partition coefficient (Wildman–Crippen LogP) is 2.81. The molecule has 5 nitrogen and oxygen atoms in total. The van der Waals surface area contributed by atoms with Crippen molar-refractivity contribution in [2.45, 2.75) is 32.5 Å². The molecular formula is C19H29F3N4O. The molecule has 1 saturated heterocycles. The van der Waals surface area contributed by atoms with E-state index in [0.29, 0.717) is 32.1 Å². The first-order valence-corrected chi connectivity index (χ1v) is 9.22. The molecule has 0 aromatic heterocycles. The van der Waals surface area contributed by atoms with E-state index in [4.69, 9.17) is 4.74 Å². The molecule has 2 N–H and O–H groups in total. The van der Waals surface area contributed by atoms with Crippen LogP contribution in [0.15, 0.2) is 29.3 Å². The molecule has 0 amide bonds. The first-order chi connectivity index (χ1) is 12.8. The molecule has 0 saturated carbocycles. The van der Waals surface area contributed by atoms with Crippen LogP contribution in [0.4, 0.5) is 13.2 Å². The Balaban J connectivity index is 1.69. The molecule has 0 radical (unpaired) electrons. The van der Waals surface area contributed by atoms with E-state index in [2.05, 4.69) is 15.6 Å². The van der Waals surface area contributed by atoms with Gasteiger partial charge in [-0.15, -0.1) is 0 Å². The van der Waals surface area contributed by atoms with E-state index >= 15 is 0 Å². The van der Waals surface area contributed by atoms with Gasteiger partial charge in [-0.2, -0.15) is 13.2 Å². The van der Waals surface area contributed by atoms with Crippen LogP contribution in [0.3, 0.4) is 0 Å². The molecule has 2 atom stereocenters. The number of nitrogens with zero attached hydrogens (tertiary/aromatic N) is 2. The smallest absolute Gasteiger partial charge is 0.401 e. The van der Waals surface area contributed by atoms with Crippen LogP contribution in [0.5, 0.6) is 5.75 Å². The van der Waals surface area contributed by atoms with E-state index in [0.717, 1.165) is 17.7 Å². The van der Waals surface area contributed by atoms with E-state index in [1.807, 2.05) is 38.1 Å². The lowest BCUT2D eigenvalue weighted by Crippen LogP contribution is -2.43. The maximum Gasteiger partial charge on any atom is 0.401 e. The highest BCUT2D eigenvalue weighted by atomic mass is 19.4. The Morgan fingerprint density at radius 3 is 2.74 bits per heavy atom. The van der Waals surface area contributed by atoms with Crippen molar-refractivity contribution in [1.29, 1.82) is 0 Å². The molecule has 1 aromatic carbocycles. The van der Waals surface area contributed by atoms with Gasteiger partial charge in [-0.3, -0.25) is 9.89 Å². The average Bonchev–Trinajstić information content (AvgIpc) is 3.02. The van der Waals surface area contributed by atoms with E-state index in [1.54, 1.807) is 7.05 Å². The normalized spacial score (nSPS) is 19.8. The second-order valence-corrected chi connectivity index (χ2v) is 7.03. The van der Waals surface area contributed by atoms with Gasteiger partial charge in [0.15, 0.2) is 5.96 Å². The first-order valence-electron chi connectivity index (χ1n) is 9.22. The van der Waals surface area contributed by atoms with Gasteiger partial charge >= 0.3 is 6.18 Å². The van der Waals surface area contributed by atoms with Crippen LogP contribution in [-0.4, -0.2) is 62.9 Å². The number of hydrogen-bond donors (Lipinski definition) is 2. The second kappa shape index (κ2) is 9.82. The number of nitrogens with one attached hydrogen (secondary N) is 2. The number of hydrogen-bond acceptors (Lipinski definition) is 3. The van der Waals surface area contributed by atoms with E-state index in [1.165, 1.54) is 4.90 Å². The molecule has 27 heavy (non-hydrogen) atoms. The number of likely N-dealkylation sites (tertiary alicyclic amines) is 1. The van der Waals surface area contributed by atoms with E-state index in [9.17, 15) is 13.2 Å². The number of ether oxygens (including phenoxy) is 1. The summed E-state index contributed by atoms with van der Waals surface area (Å²) in [5.74, 6) is 1.67. The zero-order valence-electron chi connectivity index (χ0n) is 16.1. The van der Waals surface area contributed by atoms with Gasteiger partial charge in [0.25, 0.3) is 0 Å². The number of alkyl halides is 3. The molecule has 1 heterocycles. The molecule has 2 rings (SSSR count). The molecule has 8 heteroatoms. The van der Waals surface area contributed by atoms with Crippen molar-refractivity contribution in [2.24, 2.45) is 10.9 Å². The van der Waals surface area contributed by atoms with Crippen molar-refractivity contribution in [3.63, 3.8) is 0 Å². The highest BCUT2D eigenvalue weighted by Gasteiger charge is 2.34. The van der Waals surface area contributed by atoms with Crippen molar-refractivity contribution in [3.05, 3.63) is 29.8 Å². The second-order valence-electron chi connectivity index (χ2n) is 7.03. The lowest BCUT2D eigenvalue weighted by Gasteiger charge is -2.20. The molecule has 1 aliphatic heterocycles. The summed E-state index contributed by atoms with van der Waals surface area (Å²) in [6, 6.07) is 7.84. The Morgan fingerprint density at radius 1 is 1.33 bits per heavy atom. The van der Waals surface area contributed by atoms with Gasteiger partial charge in [0.2, 0.25) is 0 Å².